The van der Waals surface area contributed by atoms with Gasteiger partial charge in [-0.1, -0.05) is 12.1 Å². The number of nitrogens with zero attached hydrogens (tertiary/aromatic N) is 1. The van der Waals surface area contributed by atoms with E-state index in [2.05, 4.69) is 37.8 Å². The first-order chi connectivity index (χ1) is 10.5. The minimum absolute atomic E-state index is 0.280. The quantitative estimate of drug-likeness (QED) is 0.846. The highest BCUT2D eigenvalue weighted by Crippen LogP contribution is 2.41. The van der Waals surface area contributed by atoms with Crippen molar-refractivity contribution in [1.29, 1.82) is 0 Å². The molecule has 0 N–H and O–H groups in total. The fourth-order valence-electron chi connectivity index (χ4n) is 3.91. The fourth-order valence-corrected chi connectivity index (χ4v) is 3.91. The number of benzene rings is 1. The Balaban J connectivity index is 1.58. The lowest BCUT2D eigenvalue weighted by Crippen LogP contribution is -2.53. The van der Waals surface area contributed by atoms with Gasteiger partial charge < -0.3 is 9.47 Å². The first-order valence-electron chi connectivity index (χ1n) is 8.47. The van der Waals surface area contributed by atoms with Crippen molar-refractivity contribution in [3.05, 3.63) is 29.8 Å². The van der Waals surface area contributed by atoms with Crippen molar-refractivity contribution in [1.82, 2.24) is 4.90 Å². The van der Waals surface area contributed by atoms with Crippen LogP contribution >= 0.6 is 0 Å². The number of methoxy groups -OCH3 is 1. The summed E-state index contributed by atoms with van der Waals surface area (Å²) >= 11 is 0. The Kier molecular flexibility index (Phi) is 4.47. The SMILES string of the molecule is COc1ccc(COC2[C@@H]3CC[C@H]2CN(C(C)(C)C)C3)cc1. The molecule has 1 aliphatic carbocycles. The van der Waals surface area contributed by atoms with Crippen LogP contribution in [-0.4, -0.2) is 36.7 Å². The van der Waals surface area contributed by atoms with Gasteiger partial charge in [0.25, 0.3) is 0 Å². The van der Waals surface area contributed by atoms with Crippen molar-refractivity contribution in [2.24, 2.45) is 11.8 Å². The smallest absolute Gasteiger partial charge is 0.118 e. The fraction of sp³-hybridized carbons (Fsp3) is 0.684. The van der Waals surface area contributed by atoms with Crippen LogP contribution in [0.3, 0.4) is 0 Å². The summed E-state index contributed by atoms with van der Waals surface area (Å²) < 4.78 is 11.5. The van der Waals surface area contributed by atoms with Gasteiger partial charge in [-0.25, -0.2) is 0 Å². The van der Waals surface area contributed by atoms with Gasteiger partial charge in [0, 0.05) is 18.6 Å². The predicted molar refractivity (Wildman–Crippen MR) is 89.1 cm³/mol. The van der Waals surface area contributed by atoms with Crippen molar-refractivity contribution in [3.8, 4) is 5.75 Å². The topological polar surface area (TPSA) is 21.7 Å². The van der Waals surface area contributed by atoms with E-state index in [1.54, 1.807) is 7.11 Å². The molecule has 1 heterocycles. The van der Waals surface area contributed by atoms with Gasteiger partial charge in [0.05, 0.1) is 19.8 Å². The molecule has 1 aromatic rings. The van der Waals surface area contributed by atoms with Crippen molar-refractivity contribution in [2.45, 2.75) is 51.9 Å². The molecule has 22 heavy (non-hydrogen) atoms. The van der Waals surface area contributed by atoms with Gasteiger partial charge in [-0.15, -0.1) is 0 Å². The van der Waals surface area contributed by atoms with Crippen molar-refractivity contribution in [3.63, 3.8) is 0 Å². The van der Waals surface area contributed by atoms with Crippen LogP contribution in [0, 0.1) is 11.8 Å². The standard InChI is InChI=1S/C19H29NO2/c1-19(2,3)20-11-15-7-8-16(12-20)18(15)22-13-14-5-9-17(21-4)10-6-14/h5-6,9-10,15-16,18H,7-8,11-13H2,1-4H3/t15-,16+,18?. The van der Waals surface area contributed by atoms with E-state index in [0.29, 0.717) is 17.9 Å². The summed E-state index contributed by atoms with van der Waals surface area (Å²) in [6, 6.07) is 8.22. The van der Waals surface area contributed by atoms with Gasteiger partial charge in [-0.2, -0.15) is 0 Å². The van der Waals surface area contributed by atoms with Gasteiger partial charge in [0.15, 0.2) is 0 Å². The second-order valence-electron chi connectivity index (χ2n) is 7.80. The Labute approximate surface area is 134 Å². The number of hydrogen-bond acceptors (Lipinski definition) is 3. The Hall–Kier alpha value is -1.06. The summed E-state index contributed by atoms with van der Waals surface area (Å²) in [7, 11) is 1.70. The summed E-state index contributed by atoms with van der Waals surface area (Å²) in [6.45, 7) is 10.1. The van der Waals surface area contributed by atoms with Crippen LogP contribution in [0.2, 0.25) is 0 Å². The van der Waals surface area contributed by atoms with Crippen molar-refractivity contribution in [2.75, 3.05) is 20.2 Å². The zero-order valence-corrected chi connectivity index (χ0v) is 14.3. The first kappa shape index (κ1) is 15.8. The van der Waals surface area contributed by atoms with E-state index >= 15 is 0 Å². The predicted octanol–water partition coefficient (Wildman–Crippen LogP) is 3.72. The second-order valence-corrected chi connectivity index (χ2v) is 7.80. The summed E-state index contributed by atoms with van der Waals surface area (Å²) in [5.41, 5.74) is 1.51. The van der Waals surface area contributed by atoms with E-state index in [0.717, 1.165) is 12.4 Å². The third kappa shape index (κ3) is 3.31. The molecule has 0 spiro atoms. The third-order valence-corrected chi connectivity index (χ3v) is 5.30. The van der Waals surface area contributed by atoms with E-state index in [-0.39, 0.29) is 5.54 Å². The first-order valence-corrected chi connectivity index (χ1v) is 8.47. The molecule has 3 atom stereocenters. The molecule has 1 saturated heterocycles. The summed E-state index contributed by atoms with van der Waals surface area (Å²) in [5.74, 6) is 2.31. The summed E-state index contributed by atoms with van der Waals surface area (Å²) in [5, 5.41) is 0. The molecule has 2 aliphatic rings. The minimum Gasteiger partial charge on any atom is -0.497 e. The largest absolute Gasteiger partial charge is 0.497 e. The van der Waals surface area contributed by atoms with E-state index < -0.39 is 0 Å². The molecule has 3 nitrogen and oxygen atoms in total. The van der Waals surface area contributed by atoms with Crippen LogP contribution in [0.5, 0.6) is 5.75 Å². The highest BCUT2D eigenvalue weighted by Gasteiger charge is 2.44. The van der Waals surface area contributed by atoms with E-state index in [1.807, 2.05) is 12.1 Å². The number of fused-ring (bicyclic) bond motifs is 2. The van der Waals surface area contributed by atoms with Crippen LogP contribution < -0.4 is 4.74 Å². The van der Waals surface area contributed by atoms with Crippen molar-refractivity contribution < 1.29 is 9.47 Å². The Morgan fingerprint density at radius 2 is 1.64 bits per heavy atom. The molecular formula is C19H29NO2. The van der Waals surface area contributed by atoms with Gasteiger partial charge >= 0.3 is 0 Å². The number of likely N-dealkylation sites (tertiary alicyclic amines) is 1. The number of piperidine rings is 1. The highest BCUT2D eigenvalue weighted by molar-refractivity contribution is 5.26. The average molecular weight is 303 g/mol. The number of ether oxygens (including phenoxy) is 2. The Morgan fingerprint density at radius 3 is 2.14 bits per heavy atom. The maximum atomic E-state index is 6.32. The maximum Gasteiger partial charge on any atom is 0.118 e. The van der Waals surface area contributed by atoms with Gasteiger partial charge in [-0.3, -0.25) is 4.90 Å². The lowest BCUT2D eigenvalue weighted by atomic mass is 9.91. The Bertz CT molecular complexity index is 477. The van der Waals surface area contributed by atoms with Gasteiger partial charge in [0.2, 0.25) is 0 Å². The monoisotopic (exact) mass is 303 g/mol. The lowest BCUT2D eigenvalue weighted by molar-refractivity contribution is -0.0681. The Morgan fingerprint density at radius 1 is 1.05 bits per heavy atom. The third-order valence-electron chi connectivity index (χ3n) is 5.30. The summed E-state index contributed by atoms with van der Waals surface area (Å²) in [6.07, 6.45) is 3.09. The molecule has 1 aliphatic heterocycles. The van der Waals surface area contributed by atoms with Gasteiger partial charge in [0.1, 0.15) is 5.75 Å². The lowest BCUT2D eigenvalue weighted by Gasteiger charge is -2.44. The van der Waals surface area contributed by atoms with Crippen LogP contribution in [-0.2, 0) is 11.3 Å². The molecule has 1 unspecified atom stereocenters. The molecule has 0 amide bonds. The van der Waals surface area contributed by atoms with Crippen LogP contribution in [0.15, 0.2) is 24.3 Å². The molecule has 1 aromatic carbocycles. The summed E-state index contributed by atoms with van der Waals surface area (Å²) in [4.78, 5) is 2.64. The maximum absolute atomic E-state index is 6.32. The molecule has 0 aromatic heterocycles. The van der Waals surface area contributed by atoms with Crippen LogP contribution in [0.1, 0.15) is 39.2 Å². The number of hydrogen-bond donors (Lipinski definition) is 0. The zero-order valence-electron chi connectivity index (χ0n) is 14.3. The molecule has 122 valence electrons. The van der Waals surface area contributed by atoms with Crippen molar-refractivity contribution >= 4 is 0 Å². The molecule has 3 rings (SSSR count). The minimum atomic E-state index is 0.280. The number of rotatable bonds is 4. The highest BCUT2D eigenvalue weighted by atomic mass is 16.5. The normalized spacial score (nSPS) is 28.8. The second kappa shape index (κ2) is 6.21. The molecule has 1 saturated carbocycles. The average Bonchev–Trinajstić information content (AvgIpc) is 2.72. The molecule has 2 bridgehead atoms. The van der Waals surface area contributed by atoms with E-state index in [9.17, 15) is 0 Å². The molecule has 2 fully saturated rings. The van der Waals surface area contributed by atoms with Gasteiger partial charge in [-0.05, 0) is 63.1 Å². The molecule has 0 radical (unpaired) electrons. The molecule has 3 heteroatoms. The van der Waals surface area contributed by atoms with E-state index in [1.165, 1.54) is 31.5 Å². The van der Waals surface area contributed by atoms with E-state index in [4.69, 9.17) is 9.47 Å². The van der Waals surface area contributed by atoms with Crippen LogP contribution in [0.4, 0.5) is 0 Å². The zero-order chi connectivity index (χ0) is 15.7. The van der Waals surface area contributed by atoms with Crippen LogP contribution in [0.25, 0.3) is 0 Å². The molecular weight excluding hydrogens is 274 g/mol.